The molecule has 6 nitrogen and oxygen atoms in total. The number of amides is 2. The van der Waals surface area contributed by atoms with Crippen molar-refractivity contribution in [3.63, 3.8) is 0 Å². The molecule has 0 unspecified atom stereocenters. The van der Waals surface area contributed by atoms with E-state index in [9.17, 15) is 4.79 Å². The van der Waals surface area contributed by atoms with Crippen molar-refractivity contribution in [2.45, 2.75) is 37.8 Å². The number of methoxy groups -OCH3 is 1. The predicted molar refractivity (Wildman–Crippen MR) is 96.1 cm³/mol. The van der Waals surface area contributed by atoms with Crippen LogP contribution >= 0.6 is 0 Å². The molecule has 1 saturated carbocycles. The van der Waals surface area contributed by atoms with Crippen LogP contribution in [0, 0.1) is 0 Å². The van der Waals surface area contributed by atoms with Gasteiger partial charge in [-0.15, -0.1) is 0 Å². The fourth-order valence-electron chi connectivity index (χ4n) is 2.97. The fourth-order valence-corrected chi connectivity index (χ4v) is 2.97. The number of hydrogen-bond donors (Lipinski definition) is 2. The molecule has 2 N–H and O–H groups in total. The second kappa shape index (κ2) is 8.37. The van der Waals surface area contributed by atoms with Crippen molar-refractivity contribution in [1.82, 2.24) is 10.3 Å². The van der Waals surface area contributed by atoms with Gasteiger partial charge in [-0.25, -0.2) is 9.78 Å². The van der Waals surface area contributed by atoms with E-state index >= 15 is 0 Å². The summed E-state index contributed by atoms with van der Waals surface area (Å²) in [5.74, 6) is 1.37. The summed E-state index contributed by atoms with van der Waals surface area (Å²) in [4.78, 5) is 16.3. The van der Waals surface area contributed by atoms with Crippen molar-refractivity contribution in [2.24, 2.45) is 0 Å². The minimum Gasteiger partial charge on any atom is -0.497 e. The Kier molecular flexibility index (Phi) is 5.72. The first-order chi connectivity index (χ1) is 12.2. The maximum absolute atomic E-state index is 12.1. The molecule has 0 aliphatic heterocycles. The van der Waals surface area contributed by atoms with Crippen molar-refractivity contribution in [3.8, 4) is 11.6 Å². The number of carbonyl (C=O) groups is 1. The van der Waals surface area contributed by atoms with Crippen LogP contribution in [-0.2, 0) is 0 Å². The number of nitrogens with one attached hydrogen (secondary N) is 2. The predicted octanol–water partition coefficient (Wildman–Crippen LogP) is 3.60. The molecule has 25 heavy (non-hydrogen) atoms. The Morgan fingerprint density at radius 3 is 2.68 bits per heavy atom. The lowest BCUT2D eigenvalue weighted by molar-refractivity contribution is 0.135. The van der Waals surface area contributed by atoms with E-state index in [0.717, 1.165) is 25.7 Å². The zero-order chi connectivity index (χ0) is 17.5. The first-order valence-electron chi connectivity index (χ1n) is 8.52. The van der Waals surface area contributed by atoms with E-state index < -0.39 is 0 Å². The highest BCUT2D eigenvalue weighted by Gasteiger charge is 2.23. The monoisotopic (exact) mass is 341 g/mol. The second-order valence-electron chi connectivity index (χ2n) is 6.09. The summed E-state index contributed by atoms with van der Waals surface area (Å²) in [6, 6.07) is 12.9. The quantitative estimate of drug-likeness (QED) is 0.871. The van der Waals surface area contributed by atoms with Crippen molar-refractivity contribution in [1.29, 1.82) is 0 Å². The molecule has 1 aromatic heterocycles. The van der Waals surface area contributed by atoms with E-state index in [1.165, 1.54) is 0 Å². The van der Waals surface area contributed by atoms with Crippen LogP contribution < -0.4 is 20.1 Å². The minimum absolute atomic E-state index is 0.161. The number of ether oxygens (including phenoxy) is 2. The SMILES string of the molecule is COc1cccc(NC(=O)NC2CCC(Oc3ccccn3)CC2)c1. The molecule has 1 heterocycles. The molecule has 0 spiro atoms. The molecule has 1 aliphatic carbocycles. The Labute approximate surface area is 147 Å². The molecule has 1 aromatic carbocycles. The van der Waals surface area contributed by atoms with Gasteiger partial charge in [-0.1, -0.05) is 12.1 Å². The van der Waals surface area contributed by atoms with Gasteiger partial charge in [0.15, 0.2) is 0 Å². The summed E-state index contributed by atoms with van der Waals surface area (Å²) >= 11 is 0. The summed E-state index contributed by atoms with van der Waals surface area (Å²) in [6.07, 6.45) is 5.48. The van der Waals surface area contributed by atoms with E-state index in [2.05, 4.69) is 15.6 Å². The molecule has 2 aromatic rings. The first kappa shape index (κ1) is 17.1. The number of rotatable bonds is 5. The van der Waals surface area contributed by atoms with Crippen LogP contribution in [0.1, 0.15) is 25.7 Å². The van der Waals surface area contributed by atoms with Gasteiger partial charge >= 0.3 is 6.03 Å². The lowest BCUT2D eigenvalue weighted by Crippen LogP contribution is -2.41. The third kappa shape index (κ3) is 5.11. The van der Waals surface area contributed by atoms with Crippen LogP contribution in [0.3, 0.4) is 0 Å². The Balaban J connectivity index is 1.43. The van der Waals surface area contributed by atoms with Gasteiger partial charge < -0.3 is 20.1 Å². The van der Waals surface area contributed by atoms with Crippen LogP contribution in [0.5, 0.6) is 11.6 Å². The molecular formula is C19H23N3O3. The molecule has 0 bridgehead atoms. The van der Waals surface area contributed by atoms with E-state index in [-0.39, 0.29) is 18.2 Å². The van der Waals surface area contributed by atoms with Crippen LogP contribution in [0.2, 0.25) is 0 Å². The Hall–Kier alpha value is -2.76. The molecule has 1 fully saturated rings. The summed E-state index contributed by atoms with van der Waals surface area (Å²) < 4.78 is 11.0. The molecule has 0 atom stereocenters. The zero-order valence-corrected chi connectivity index (χ0v) is 14.3. The number of nitrogens with zero attached hydrogens (tertiary/aromatic N) is 1. The van der Waals surface area contributed by atoms with Crippen LogP contribution in [0.4, 0.5) is 10.5 Å². The molecule has 6 heteroatoms. The lowest BCUT2D eigenvalue weighted by atomic mass is 9.93. The third-order valence-electron chi connectivity index (χ3n) is 4.26. The molecular weight excluding hydrogens is 318 g/mol. The Bertz CT molecular complexity index is 685. The number of benzene rings is 1. The average Bonchev–Trinajstić information content (AvgIpc) is 2.64. The molecule has 2 amide bonds. The van der Waals surface area contributed by atoms with Gasteiger partial charge in [-0.3, -0.25) is 0 Å². The Morgan fingerprint density at radius 1 is 1.12 bits per heavy atom. The normalized spacial score (nSPS) is 19.7. The number of aromatic nitrogens is 1. The largest absolute Gasteiger partial charge is 0.497 e. The van der Waals surface area contributed by atoms with E-state index in [4.69, 9.17) is 9.47 Å². The van der Waals surface area contributed by atoms with Gasteiger partial charge in [0, 0.05) is 30.1 Å². The van der Waals surface area contributed by atoms with Crippen molar-refractivity contribution in [3.05, 3.63) is 48.7 Å². The van der Waals surface area contributed by atoms with Gasteiger partial charge in [0.2, 0.25) is 5.88 Å². The molecule has 132 valence electrons. The summed E-state index contributed by atoms with van der Waals surface area (Å²) in [7, 11) is 1.60. The van der Waals surface area contributed by atoms with Crippen LogP contribution in [0.15, 0.2) is 48.7 Å². The summed E-state index contributed by atoms with van der Waals surface area (Å²) in [5.41, 5.74) is 0.712. The van der Waals surface area contributed by atoms with E-state index in [0.29, 0.717) is 17.3 Å². The topological polar surface area (TPSA) is 72.5 Å². The number of urea groups is 1. The minimum atomic E-state index is -0.192. The van der Waals surface area contributed by atoms with Gasteiger partial charge in [-0.2, -0.15) is 0 Å². The molecule has 0 saturated heterocycles. The number of carbonyl (C=O) groups excluding carboxylic acids is 1. The molecule has 0 radical (unpaired) electrons. The Morgan fingerprint density at radius 2 is 1.96 bits per heavy atom. The van der Waals surface area contributed by atoms with E-state index in [1.807, 2.05) is 36.4 Å². The maximum Gasteiger partial charge on any atom is 0.319 e. The van der Waals surface area contributed by atoms with Gasteiger partial charge in [0.05, 0.1) is 7.11 Å². The van der Waals surface area contributed by atoms with Gasteiger partial charge in [0.1, 0.15) is 11.9 Å². The molecule has 3 rings (SSSR count). The molecule has 1 aliphatic rings. The maximum atomic E-state index is 12.1. The highest BCUT2D eigenvalue weighted by atomic mass is 16.5. The first-order valence-corrected chi connectivity index (χ1v) is 8.52. The highest BCUT2D eigenvalue weighted by Crippen LogP contribution is 2.23. The summed E-state index contributed by atoms with van der Waals surface area (Å²) in [5, 5.41) is 5.87. The highest BCUT2D eigenvalue weighted by molar-refractivity contribution is 5.89. The van der Waals surface area contributed by atoms with E-state index in [1.54, 1.807) is 19.4 Å². The van der Waals surface area contributed by atoms with Crippen molar-refractivity contribution >= 4 is 11.7 Å². The number of hydrogen-bond acceptors (Lipinski definition) is 4. The van der Waals surface area contributed by atoms with Crippen LogP contribution in [-0.4, -0.2) is 30.3 Å². The smallest absolute Gasteiger partial charge is 0.319 e. The fraction of sp³-hybridized carbons (Fsp3) is 0.368. The van der Waals surface area contributed by atoms with Crippen LogP contribution in [0.25, 0.3) is 0 Å². The third-order valence-corrected chi connectivity index (χ3v) is 4.26. The lowest BCUT2D eigenvalue weighted by Gasteiger charge is -2.29. The van der Waals surface area contributed by atoms with Crippen molar-refractivity contribution < 1.29 is 14.3 Å². The zero-order valence-electron chi connectivity index (χ0n) is 14.3. The average molecular weight is 341 g/mol. The number of anilines is 1. The second-order valence-corrected chi connectivity index (χ2v) is 6.09. The van der Waals surface area contributed by atoms with Gasteiger partial charge in [0.25, 0.3) is 0 Å². The summed E-state index contributed by atoms with van der Waals surface area (Å²) in [6.45, 7) is 0. The standard InChI is InChI=1S/C19H23N3O3/c1-24-17-6-4-5-15(13-17)22-19(23)21-14-8-10-16(11-9-14)25-18-7-2-3-12-20-18/h2-7,12-14,16H,8-11H2,1H3,(H2,21,22,23). The number of pyridine rings is 1. The van der Waals surface area contributed by atoms with Gasteiger partial charge in [-0.05, 0) is 43.9 Å². The van der Waals surface area contributed by atoms with Crippen molar-refractivity contribution in [2.75, 3.05) is 12.4 Å².